The SMILES string of the molecule is CC(=O)N(CCC(=O)NCc1ccccc1)c1ccc(N2CCN(C)CC2)cc1. The number of benzene rings is 2. The van der Waals surface area contributed by atoms with Crippen molar-refractivity contribution in [2.45, 2.75) is 19.9 Å². The molecule has 3 rings (SSSR count). The molecule has 0 radical (unpaired) electrons. The molecule has 154 valence electrons. The van der Waals surface area contributed by atoms with Crippen molar-refractivity contribution in [1.29, 1.82) is 0 Å². The number of carbonyl (C=O) groups is 2. The second-order valence-corrected chi connectivity index (χ2v) is 7.49. The summed E-state index contributed by atoms with van der Waals surface area (Å²) in [4.78, 5) is 30.7. The predicted octanol–water partition coefficient (Wildman–Crippen LogP) is 2.50. The van der Waals surface area contributed by atoms with Crippen molar-refractivity contribution < 1.29 is 9.59 Å². The van der Waals surface area contributed by atoms with E-state index < -0.39 is 0 Å². The van der Waals surface area contributed by atoms with Crippen LogP contribution in [-0.2, 0) is 16.1 Å². The summed E-state index contributed by atoms with van der Waals surface area (Å²) in [7, 11) is 2.14. The van der Waals surface area contributed by atoms with E-state index in [1.54, 1.807) is 4.90 Å². The quantitative estimate of drug-likeness (QED) is 0.784. The Balaban J connectivity index is 1.53. The zero-order chi connectivity index (χ0) is 20.6. The second-order valence-electron chi connectivity index (χ2n) is 7.49. The third-order valence-corrected chi connectivity index (χ3v) is 5.30. The van der Waals surface area contributed by atoms with E-state index in [1.807, 2.05) is 42.5 Å². The fourth-order valence-electron chi connectivity index (χ4n) is 3.47. The summed E-state index contributed by atoms with van der Waals surface area (Å²) in [6, 6.07) is 17.9. The molecular formula is C23H30N4O2. The Kier molecular flexibility index (Phi) is 7.25. The van der Waals surface area contributed by atoms with E-state index in [9.17, 15) is 9.59 Å². The number of piperazine rings is 1. The van der Waals surface area contributed by atoms with E-state index in [2.05, 4.69) is 34.3 Å². The highest BCUT2D eigenvalue weighted by atomic mass is 16.2. The summed E-state index contributed by atoms with van der Waals surface area (Å²) in [5.41, 5.74) is 3.06. The smallest absolute Gasteiger partial charge is 0.223 e. The van der Waals surface area contributed by atoms with Gasteiger partial charge in [0.05, 0.1) is 0 Å². The van der Waals surface area contributed by atoms with Gasteiger partial charge in [-0.3, -0.25) is 9.59 Å². The average Bonchev–Trinajstić information content (AvgIpc) is 2.74. The van der Waals surface area contributed by atoms with Gasteiger partial charge in [-0.2, -0.15) is 0 Å². The Labute approximate surface area is 173 Å². The van der Waals surface area contributed by atoms with Crippen LogP contribution in [0.3, 0.4) is 0 Å². The average molecular weight is 395 g/mol. The molecule has 2 amide bonds. The molecule has 1 aliphatic rings. The summed E-state index contributed by atoms with van der Waals surface area (Å²) >= 11 is 0. The minimum absolute atomic E-state index is 0.0610. The summed E-state index contributed by atoms with van der Waals surface area (Å²) < 4.78 is 0. The summed E-state index contributed by atoms with van der Waals surface area (Å²) in [5.74, 6) is -0.123. The number of carbonyl (C=O) groups excluding carboxylic acids is 2. The van der Waals surface area contributed by atoms with E-state index in [-0.39, 0.29) is 18.2 Å². The van der Waals surface area contributed by atoms with E-state index in [4.69, 9.17) is 0 Å². The Morgan fingerprint density at radius 3 is 2.24 bits per heavy atom. The molecule has 0 unspecified atom stereocenters. The third kappa shape index (κ3) is 6.06. The number of amides is 2. The Hall–Kier alpha value is -2.86. The number of hydrogen-bond acceptors (Lipinski definition) is 4. The number of likely N-dealkylation sites (N-methyl/N-ethyl adjacent to an activating group) is 1. The van der Waals surface area contributed by atoms with Crippen LogP contribution in [0.25, 0.3) is 0 Å². The van der Waals surface area contributed by atoms with Crippen molar-refractivity contribution in [3.8, 4) is 0 Å². The molecule has 1 saturated heterocycles. The van der Waals surface area contributed by atoms with Crippen LogP contribution in [0.1, 0.15) is 18.9 Å². The molecular weight excluding hydrogens is 364 g/mol. The lowest BCUT2D eigenvalue weighted by Gasteiger charge is -2.34. The van der Waals surface area contributed by atoms with Gasteiger partial charge in [0.25, 0.3) is 0 Å². The van der Waals surface area contributed by atoms with Gasteiger partial charge >= 0.3 is 0 Å². The summed E-state index contributed by atoms with van der Waals surface area (Å²) in [6.07, 6.45) is 0.270. The highest BCUT2D eigenvalue weighted by Crippen LogP contribution is 2.22. The van der Waals surface area contributed by atoms with Gasteiger partial charge in [0.2, 0.25) is 11.8 Å². The minimum atomic E-state index is -0.0618. The first-order valence-electron chi connectivity index (χ1n) is 10.2. The maximum absolute atomic E-state index is 12.2. The topological polar surface area (TPSA) is 55.9 Å². The largest absolute Gasteiger partial charge is 0.369 e. The van der Waals surface area contributed by atoms with Crippen molar-refractivity contribution in [3.05, 3.63) is 60.2 Å². The molecule has 29 heavy (non-hydrogen) atoms. The predicted molar refractivity (Wildman–Crippen MR) is 117 cm³/mol. The van der Waals surface area contributed by atoms with Crippen LogP contribution in [0, 0.1) is 0 Å². The Morgan fingerprint density at radius 1 is 0.966 bits per heavy atom. The van der Waals surface area contributed by atoms with Crippen LogP contribution in [-0.4, -0.2) is 56.5 Å². The zero-order valence-electron chi connectivity index (χ0n) is 17.3. The highest BCUT2D eigenvalue weighted by Gasteiger charge is 2.16. The molecule has 6 heteroatoms. The standard InChI is InChI=1S/C23H30N4O2/c1-19(28)27(13-12-23(29)24-18-20-6-4-3-5-7-20)22-10-8-21(9-11-22)26-16-14-25(2)15-17-26/h3-11H,12-18H2,1-2H3,(H,24,29). The van der Waals surface area contributed by atoms with Gasteiger partial charge in [0, 0.05) is 64.0 Å². The van der Waals surface area contributed by atoms with Crippen LogP contribution < -0.4 is 15.1 Å². The Morgan fingerprint density at radius 2 is 1.62 bits per heavy atom. The molecule has 0 saturated carbocycles. The van der Waals surface area contributed by atoms with Crippen molar-refractivity contribution in [1.82, 2.24) is 10.2 Å². The molecule has 0 bridgehead atoms. The molecule has 6 nitrogen and oxygen atoms in total. The van der Waals surface area contributed by atoms with E-state index in [1.165, 1.54) is 12.6 Å². The molecule has 0 aromatic heterocycles. The fourth-order valence-corrected chi connectivity index (χ4v) is 3.47. The van der Waals surface area contributed by atoms with E-state index in [0.29, 0.717) is 13.1 Å². The fraction of sp³-hybridized carbons (Fsp3) is 0.391. The second kappa shape index (κ2) is 10.1. The molecule has 2 aromatic carbocycles. The van der Waals surface area contributed by atoms with Crippen LogP contribution in [0.2, 0.25) is 0 Å². The van der Waals surface area contributed by atoms with Gasteiger partial charge in [-0.15, -0.1) is 0 Å². The van der Waals surface area contributed by atoms with Crippen LogP contribution in [0.4, 0.5) is 11.4 Å². The van der Waals surface area contributed by atoms with Gasteiger partial charge in [-0.25, -0.2) is 0 Å². The molecule has 1 fully saturated rings. The molecule has 0 aliphatic carbocycles. The lowest BCUT2D eigenvalue weighted by atomic mass is 10.2. The van der Waals surface area contributed by atoms with Crippen LogP contribution in [0.15, 0.2) is 54.6 Å². The Bertz CT molecular complexity index is 799. The number of hydrogen-bond donors (Lipinski definition) is 1. The van der Waals surface area contributed by atoms with Crippen molar-refractivity contribution in [3.63, 3.8) is 0 Å². The maximum atomic E-state index is 12.2. The zero-order valence-corrected chi connectivity index (χ0v) is 17.3. The molecule has 2 aromatic rings. The molecule has 1 aliphatic heterocycles. The molecule has 1 N–H and O–H groups in total. The van der Waals surface area contributed by atoms with Crippen LogP contribution in [0.5, 0.6) is 0 Å². The monoisotopic (exact) mass is 394 g/mol. The first-order chi connectivity index (χ1) is 14.0. The normalized spacial score (nSPS) is 14.5. The van der Waals surface area contributed by atoms with Gasteiger partial charge in [-0.05, 0) is 36.9 Å². The lowest BCUT2D eigenvalue weighted by molar-refractivity contribution is -0.121. The molecule has 0 atom stereocenters. The van der Waals surface area contributed by atoms with Gasteiger partial charge in [0.15, 0.2) is 0 Å². The summed E-state index contributed by atoms with van der Waals surface area (Å²) in [5, 5.41) is 2.91. The number of nitrogens with zero attached hydrogens (tertiary/aromatic N) is 3. The number of rotatable bonds is 7. The lowest BCUT2D eigenvalue weighted by Crippen LogP contribution is -2.44. The molecule has 1 heterocycles. The van der Waals surface area contributed by atoms with Gasteiger partial charge in [0.1, 0.15) is 0 Å². The van der Waals surface area contributed by atoms with Gasteiger partial charge in [-0.1, -0.05) is 30.3 Å². The van der Waals surface area contributed by atoms with Crippen molar-refractivity contribution in [2.75, 3.05) is 49.6 Å². The van der Waals surface area contributed by atoms with E-state index in [0.717, 1.165) is 37.4 Å². The number of nitrogens with one attached hydrogen (secondary N) is 1. The van der Waals surface area contributed by atoms with Crippen LogP contribution >= 0.6 is 0 Å². The first kappa shape index (κ1) is 20.9. The first-order valence-corrected chi connectivity index (χ1v) is 10.2. The minimum Gasteiger partial charge on any atom is -0.369 e. The van der Waals surface area contributed by atoms with E-state index >= 15 is 0 Å². The molecule has 0 spiro atoms. The van der Waals surface area contributed by atoms with Gasteiger partial charge < -0.3 is 20.0 Å². The van der Waals surface area contributed by atoms with Crippen molar-refractivity contribution in [2.24, 2.45) is 0 Å². The maximum Gasteiger partial charge on any atom is 0.223 e. The summed E-state index contributed by atoms with van der Waals surface area (Å²) in [6.45, 7) is 6.53. The van der Waals surface area contributed by atoms with Crippen molar-refractivity contribution >= 4 is 23.2 Å². The number of anilines is 2. The third-order valence-electron chi connectivity index (χ3n) is 5.30. The highest BCUT2D eigenvalue weighted by molar-refractivity contribution is 5.92.